The van der Waals surface area contributed by atoms with Crippen LogP contribution in [0.4, 0.5) is 0 Å². The molecule has 0 saturated carbocycles. The zero-order chi connectivity index (χ0) is 10.3. The van der Waals surface area contributed by atoms with E-state index in [-0.39, 0.29) is 15.7 Å². The first-order valence-corrected chi connectivity index (χ1v) is 4.95. The third-order valence-electron chi connectivity index (χ3n) is 1.34. The van der Waals surface area contributed by atoms with Crippen LogP contribution in [-0.2, 0) is 0 Å². The van der Waals surface area contributed by atoms with Crippen molar-refractivity contribution in [3.8, 4) is 0 Å². The molecule has 2 heterocycles. The number of fused-ring (bicyclic) bond motifs is 1. The van der Waals surface area contributed by atoms with Crippen LogP contribution in [0, 0.1) is 0 Å². The summed E-state index contributed by atoms with van der Waals surface area (Å²) in [5.74, 6) is -2.26. The van der Waals surface area contributed by atoms with Gasteiger partial charge in [-0.05, 0) is 0 Å². The number of carbonyl (C=O) groups is 2. The van der Waals surface area contributed by atoms with E-state index in [2.05, 4.69) is 9.97 Å². The molecule has 6 nitrogen and oxygen atoms in total. The predicted molar refractivity (Wildman–Crippen MR) is 49.2 cm³/mol. The molecule has 0 saturated heterocycles. The summed E-state index contributed by atoms with van der Waals surface area (Å²) in [5.41, 5.74) is 0.190. The lowest BCUT2D eigenvalue weighted by molar-refractivity contribution is 0.0687. The van der Waals surface area contributed by atoms with E-state index in [0.29, 0.717) is 4.01 Å². The largest absolute Gasteiger partial charge is 0.476 e. The Hall–Kier alpha value is -1.54. The van der Waals surface area contributed by atoms with E-state index < -0.39 is 11.9 Å². The molecule has 0 aliphatic carbocycles. The third kappa shape index (κ3) is 1.34. The molecule has 2 aromatic rings. The van der Waals surface area contributed by atoms with E-state index in [1.807, 2.05) is 0 Å². The Bertz CT molecular complexity index is 454. The van der Waals surface area contributed by atoms with Crippen LogP contribution in [0.2, 0.25) is 0 Å². The molecule has 0 atom stereocenters. The van der Waals surface area contributed by atoms with Gasteiger partial charge in [0.2, 0.25) is 10.0 Å². The normalized spacial score (nSPS) is 10.6. The fourth-order valence-corrected chi connectivity index (χ4v) is 2.62. The second-order valence-electron chi connectivity index (χ2n) is 2.26. The number of thiazole rings is 2. The Morgan fingerprint density at radius 3 is 1.71 bits per heavy atom. The van der Waals surface area contributed by atoms with Crippen molar-refractivity contribution in [2.75, 3.05) is 0 Å². The van der Waals surface area contributed by atoms with Crippen LogP contribution in [0.3, 0.4) is 0 Å². The highest BCUT2D eigenvalue weighted by atomic mass is 32.2. The topological polar surface area (TPSA) is 100 Å². The molecule has 2 N–H and O–H groups in total. The van der Waals surface area contributed by atoms with Gasteiger partial charge in [-0.3, -0.25) is 0 Å². The number of nitrogens with zero attached hydrogens (tertiary/aromatic N) is 2. The standard InChI is InChI=1S/C6H2N2O4S2/c9-4(10)2-7-1-6(13-2)14-3(8-1)5(11)12/h(H,9,10)(H,11,12). The van der Waals surface area contributed by atoms with Crippen LogP contribution >= 0.6 is 22.7 Å². The van der Waals surface area contributed by atoms with Crippen molar-refractivity contribution in [3.63, 3.8) is 0 Å². The van der Waals surface area contributed by atoms with Crippen molar-refractivity contribution in [2.45, 2.75) is 0 Å². The molecule has 0 unspecified atom stereocenters. The maximum atomic E-state index is 10.5. The van der Waals surface area contributed by atoms with Gasteiger partial charge in [-0.15, -0.1) is 0 Å². The highest BCUT2D eigenvalue weighted by molar-refractivity contribution is 7.39. The van der Waals surface area contributed by atoms with Crippen LogP contribution in [0.5, 0.6) is 0 Å². The Morgan fingerprint density at radius 2 is 1.43 bits per heavy atom. The molecule has 2 aromatic heterocycles. The average molecular weight is 230 g/mol. The summed E-state index contributed by atoms with van der Waals surface area (Å²) in [4.78, 5) is 28.3. The third-order valence-corrected chi connectivity index (χ3v) is 3.50. The fraction of sp³-hybridized carbons (Fsp3) is 0. The summed E-state index contributed by atoms with van der Waals surface area (Å²) in [7, 11) is 0. The first-order chi connectivity index (χ1) is 6.58. The van der Waals surface area contributed by atoms with Crippen LogP contribution in [-0.4, -0.2) is 32.1 Å². The van der Waals surface area contributed by atoms with Gasteiger partial charge in [-0.2, -0.15) is 0 Å². The Labute approximate surface area is 84.5 Å². The number of aromatic nitrogens is 2. The molecule has 0 aliphatic heterocycles. The molecular formula is C6H2N2O4S2. The maximum Gasteiger partial charge on any atom is 0.365 e. The molecular weight excluding hydrogens is 228 g/mol. The molecule has 0 amide bonds. The molecule has 0 bridgehead atoms. The first-order valence-electron chi connectivity index (χ1n) is 3.32. The van der Waals surface area contributed by atoms with Crippen molar-refractivity contribution in [3.05, 3.63) is 10.0 Å². The van der Waals surface area contributed by atoms with Crippen LogP contribution in [0.15, 0.2) is 0 Å². The lowest BCUT2D eigenvalue weighted by Crippen LogP contribution is -1.96. The van der Waals surface area contributed by atoms with Gasteiger partial charge in [0.1, 0.15) is 4.01 Å². The van der Waals surface area contributed by atoms with Gasteiger partial charge in [0.15, 0.2) is 5.65 Å². The number of rotatable bonds is 2. The van der Waals surface area contributed by atoms with Gasteiger partial charge < -0.3 is 10.2 Å². The smallest absolute Gasteiger partial charge is 0.365 e. The molecule has 0 spiro atoms. The molecule has 0 fully saturated rings. The maximum absolute atomic E-state index is 10.5. The molecule has 14 heavy (non-hydrogen) atoms. The van der Waals surface area contributed by atoms with Crippen molar-refractivity contribution in [1.82, 2.24) is 9.97 Å². The Balaban J connectivity index is 2.56. The van der Waals surface area contributed by atoms with Crippen molar-refractivity contribution in [1.29, 1.82) is 0 Å². The summed E-state index contributed by atoms with van der Waals surface area (Å²) >= 11 is 1.85. The predicted octanol–water partition coefficient (Wildman–Crippen LogP) is 1.15. The summed E-state index contributed by atoms with van der Waals surface area (Å²) in [6, 6.07) is 0. The minimum Gasteiger partial charge on any atom is -0.476 e. The van der Waals surface area contributed by atoms with Crippen molar-refractivity contribution < 1.29 is 19.8 Å². The van der Waals surface area contributed by atoms with E-state index in [4.69, 9.17) is 10.2 Å². The number of carboxylic acids is 2. The molecule has 72 valence electrons. The number of aromatic carboxylic acids is 2. The number of hydrogen-bond donors (Lipinski definition) is 2. The lowest BCUT2D eigenvalue weighted by Gasteiger charge is -1.82. The molecule has 0 radical (unpaired) electrons. The van der Waals surface area contributed by atoms with Gasteiger partial charge in [0, 0.05) is 0 Å². The second kappa shape index (κ2) is 3.00. The monoisotopic (exact) mass is 230 g/mol. The van der Waals surface area contributed by atoms with E-state index in [9.17, 15) is 9.59 Å². The van der Waals surface area contributed by atoms with E-state index >= 15 is 0 Å². The van der Waals surface area contributed by atoms with Gasteiger partial charge in [-0.25, -0.2) is 19.6 Å². The molecule has 0 aromatic carbocycles. The minimum absolute atomic E-state index is 0.0734. The van der Waals surface area contributed by atoms with Crippen molar-refractivity contribution in [2.24, 2.45) is 0 Å². The van der Waals surface area contributed by atoms with E-state index in [1.54, 1.807) is 0 Å². The van der Waals surface area contributed by atoms with Crippen LogP contribution < -0.4 is 0 Å². The number of hydrogen-bond acceptors (Lipinski definition) is 6. The highest BCUT2D eigenvalue weighted by Crippen LogP contribution is 2.27. The summed E-state index contributed by atoms with van der Waals surface area (Å²) < 4.78 is 0.514. The van der Waals surface area contributed by atoms with Crippen LogP contribution in [0.1, 0.15) is 19.6 Å². The van der Waals surface area contributed by atoms with Crippen molar-refractivity contribution >= 4 is 44.3 Å². The van der Waals surface area contributed by atoms with E-state index in [0.717, 1.165) is 22.7 Å². The fourth-order valence-electron chi connectivity index (χ4n) is 0.825. The lowest BCUT2D eigenvalue weighted by atomic mass is 10.7. The van der Waals surface area contributed by atoms with Gasteiger partial charge >= 0.3 is 11.9 Å². The van der Waals surface area contributed by atoms with Gasteiger partial charge in [-0.1, -0.05) is 22.7 Å². The summed E-state index contributed by atoms with van der Waals surface area (Å²) in [6.07, 6.45) is 0. The summed E-state index contributed by atoms with van der Waals surface area (Å²) in [6.45, 7) is 0. The average Bonchev–Trinajstić information content (AvgIpc) is 2.57. The minimum atomic E-state index is -1.13. The Morgan fingerprint density at radius 1 is 1.00 bits per heavy atom. The Kier molecular flexibility index (Phi) is 1.93. The molecule has 8 heteroatoms. The number of carboxylic acid groups (broad SMARTS) is 2. The zero-order valence-electron chi connectivity index (χ0n) is 6.42. The summed E-state index contributed by atoms with van der Waals surface area (Å²) in [5, 5.41) is 17.0. The molecule has 2 rings (SSSR count). The van der Waals surface area contributed by atoms with Gasteiger partial charge in [0.05, 0.1) is 0 Å². The zero-order valence-corrected chi connectivity index (χ0v) is 8.05. The van der Waals surface area contributed by atoms with Gasteiger partial charge in [0.25, 0.3) is 0 Å². The quantitative estimate of drug-likeness (QED) is 0.802. The highest BCUT2D eigenvalue weighted by Gasteiger charge is 2.17. The second-order valence-corrected chi connectivity index (χ2v) is 4.52. The van der Waals surface area contributed by atoms with Crippen LogP contribution in [0.25, 0.3) is 9.66 Å². The van der Waals surface area contributed by atoms with E-state index in [1.165, 1.54) is 0 Å². The SMILES string of the molecule is O=C(O)c1nc2nc(C(=O)O)sc2s1. The first kappa shape index (κ1) is 9.03. The molecule has 0 aliphatic rings.